The summed E-state index contributed by atoms with van der Waals surface area (Å²) < 4.78 is 5.86. The molecule has 1 aromatic heterocycles. The van der Waals surface area contributed by atoms with Gasteiger partial charge in [-0.05, 0) is 36.8 Å². The van der Waals surface area contributed by atoms with Gasteiger partial charge in [0.25, 0.3) is 5.91 Å². The summed E-state index contributed by atoms with van der Waals surface area (Å²) in [7, 11) is 0. The molecule has 2 bridgehead atoms. The Hall–Kier alpha value is -1.13. The van der Waals surface area contributed by atoms with Crippen LogP contribution in [-0.2, 0) is 4.74 Å². The van der Waals surface area contributed by atoms with E-state index in [0.29, 0.717) is 12.5 Å². The molecule has 0 spiro atoms. The van der Waals surface area contributed by atoms with Crippen LogP contribution in [0.3, 0.4) is 0 Å². The van der Waals surface area contributed by atoms with Gasteiger partial charge in [0.15, 0.2) is 0 Å². The lowest BCUT2D eigenvalue weighted by atomic mass is 10.1. The van der Waals surface area contributed by atoms with E-state index in [-0.39, 0.29) is 18.1 Å². The molecule has 0 aromatic carbocycles. The number of piperidine rings is 1. The van der Waals surface area contributed by atoms with Gasteiger partial charge in [-0.25, -0.2) is 0 Å². The van der Waals surface area contributed by atoms with Crippen LogP contribution in [0, 0.1) is 12.8 Å². The van der Waals surface area contributed by atoms with Gasteiger partial charge < -0.3 is 9.64 Å². The molecule has 3 rings (SSSR count). The molecule has 4 heteroatoms. The fourth-order valence-corrected chi connectivity index (χ4v) is 4.21. The Kier molecular flexibility index (Phi) is 3.46. The van der Waals surface area contributed by atoms with Gasteiger partial charge in [0.2, 0.25) is 0 Å². The van der Waals surface area contributed by atoms with E-state index >= 15 is 0 Å². The molecular weight excluding hydrogens is 258 g/mol. The van der Waals surface area contributed by atoms with Crippen molar-refractivity contribution < 1.29 is 9.53 Å². The minimum absolute atomic E-state index is 0.187. The SMILES string of the molecule is C=CCOC1C2CCC1N(C(=O)c1sccc1C)C2. The van der Waals surface area contributed by atoms with Crippen molar-refractivity contribution in [2.24, 2.45) is 5.92 Å². The molecular formula is C15H19NO2S. The molecule has 1 amide bonds. The lowest BCUT2D eigenvalue weighted by Crippen LogP contribution is -2.39. The minimum atomic E-state index is 0.187. The predicted octanol–water partition coefficient (Wildman–Crippen LogP) is 2.86. The smallest absolute Gasteiger partial charge is 0.264 e. The highest BCUT2D eigenvalue weighted by molar-refractivity contribution is 7.12. The zero-order valence-electron chi connectivity index (χ0n) is 11.2. The van der Waals surface area contributed by atoms with Crippen molar-refractivity contribution in [2.75, 3.05) is 13.2 Å². The lowest BCUT2D eigenvalue weighted by molar-refractivity contribution is 0.0410. The normalized spacial score (nSPS) is 28.9. The van der Waals surface area contributed by atoms with E-state index < -0.39 is 0 Å². The maximum atomic E-state index is 12.6. The van der Waals surface area contributed by atoms with E-state index in [1.807, 2.05) is 23.3 Å². The summed E-state index contributed by atoms with van der Waals surface area (Å²) in [4.78, 5) is 15.5. The van der Waals surface area contributed by atoms with Crippen molar-refractivity contribution >= 4 is 17.2 Å². The molecule has 3 atom stereocenters. The number of ether oxygens (including phenoxy) is 1. The number of thiophene rings is 1. The van der Waals surface area contributed by atoms with Crippen LogP contribution in [0.15, 0.2) is 24.1 Å². The molecule has 0 N–H and O–H groups in total. The molecule has 3 nitrogen and oxygen atoms in total. The predicted molar refractivity (Wildman–Crippen MR) is 76.5 cm³/mol. The Morgan fingerprint density at radius 1 is 1.63 bits per heavy atom. The number of fused-ring (bicyclic) bond motifs is 2. The van der Waals surface area contributed by atoms with Crippen LogP contribution in [0.5, 0.6) is 0 Å². The Balaban J connectivity index is 1.75. The molecule has 1 aliphatic heterocycles. The van der Waals surface area contributed by atoms with E-state index in [1.54, 1.807) is 17.4 Å². The van der Waals surface area contributed by atoms with Gasteiger partial charge in [-0.15, -0.1) is 17.9 Å². The number of likely N-dealkylation sites (tertiary alicyclic amines) is 1. The quantitative estimate of drug-likeness (QED) is 0.792. The third-order valence-electron chi connectivity index (χ3n) is 4.23. The summed E-state index contributed by atoms with van der Waals surface area (Å²) in [6, 6.07) is 2.27. The highest BCUT2D eigenvalue weighted by Crippen LogP contribution is 2.41. The van der Waals surface area contributed by atoms with Gasteiger partial charge >= 0.3 is 0 Å². The van der Waals surface area contributed by atoms with Gasteiger partial charge in [-0.3, -0.25) is 4.79 Å². The number of amides is 1. The Morgan fingerprint density at radius 3 is 3.16 bits per heavy atom. The van der Waals surface area contributed by atoms with Gasteiger partial charge in [0, 0.05) is 12.5 Å². The molecule has 19 heavy (non-hydrogen) atoms. The summed E-state index contributed by atoms with van der Waals surface area (Å²) in [5.74, 6) is 0.695. The molecule has 0 radical (unpaired) electrons. The first-order valence-electron chi connectivity index (χ1n) is 6.80. The topological polar surface area (TPSA) is 29.5 Å². The fourth-order valence-electron chi connectivity index (χ4n) is 3.33. The first kappa shape index (κ1) is 12.9. The number of carbonyl (C=O) groups is 1. The molecule has 2 fully saturated rings. The third-order valence-corrected chi connectivity index (χ3v) is 5.24. The van der Waals surface area contributed by atoms with Gasteiger partial charge in [0.05, 0.1) is 23.6 Å². The molecule has 1 saturated carbocycles. The Labute approximate surface area is 117 Å². The van der Waals surface area contributed by atoms with Crippen molar-refractivity contribution in [3.05, 3.63) is 34.5 Å². The highest BCUT2D eigenvalue weighted by Gasteiger charge is 2.49. The van der Waals surface area contributed by atoms with Gasteiger partial charge in [-0.2, -0.15) is 0 Å². The zero-order chi connectivity index (χ0) is 13.4. The van der Waals surface area contributed by atoms with Crippen LogP contribution in [0.1, 0.15) is 28.1 Å². The molecule has 1 saturated heterocycles. The molecule has 1 aliphatic carbocycles. The summed E-state index contributed by atoms with van der Waals surface area (Å²) in [6.45, 7) is 7.13. The number of hydrogen-bond donors (Lipinski definition) is 0. The maximum absolute atomic E-state index is 12.6. The van der Waals surface area contributed by atoms with Gasteiger partial charge in [-0.1, -0.05) is 6.08 Å². The molecule has 2 heterocycles. The van der Waals surface area contributed by atoms with Crippen molar-refractivity contribution in [3.8, 4) is 0 Å². The van der Waals surface area contributed by atoms with Crippen molar-refractivity contribution in [3.63, 3.8) is 0 Å². The summed E-state index contributed by atoms with van der Waals surface area (Å²) in [6.07, 6.45) is 4.25. The first-order valence-corrected chi connectivity index (χ1v) is 7.68. The number of rotatable bonds is 4. The number of aryl methyl sites for hydroxylation is 1. The average Bonchev–Trinajstić information content (AvgIpc) is 3.09. The van der Waals surface area contributed by atoms with E-state index in [0.717, 1.165) is 23.4 Å². The second-order valence-corrected chi connectivity index (χ2v) is 6.30. The molecule has 3 unspecified atom stereocenters. The zero-order valence-corrected chi connectivity index (χ0v) is 12.0. The number of nitrogens with zero attached hydrogens (tertiary/aromatic N) is 1. The van der Waals surface area contributed by atoms with Crippen LogP contribution in [0.25, 0.3) is 0 Å². The highest BCUT2D eigenvalue weighted by atomic mass is 32.1. The lowest BCUT2D eigenvalue weighted by Gasteiger charge is -2.27. The summed E-state index contributed by atoms with van der Waals surface area (Å²) in [5, 5.41) is 1.99. The second kappa shape index (κ2) is 5.10. The van der Waals surface area contributed by atoms with Crippen LogP contribution in [-0.4, -0.2) is 36.1 Å². The van der Waals surface area contributed by atoms with Crippen LogP contribution < -0.4 is 0 Å². The number of carbonyl (C=O) groups excluding carboxylic acids is 1. The second-order valence-electron chi connectivity index (χ2n) is 5.38. The van der Waals surface area contributed by atoms with E-state index in [2.05, 4.69) is 6.58 Å². The fraction of sp³-hybridized carbons (Fsp3) is 0.533. The first-order chi connectivity index (χ1) is 9.22. The summed E-state index contributed by atoms with van der Waals surface area (Å²) >= 11 is 1.54. The van der Waals surface area contributed by atoms with Crippen molar-refractivity contribution in [2.45, 2.75) is 31.9 Å². The largest absolute Gasteiger partial charge is 0.372 e. The van der Waals surface area contributed by atoms with Crippen LogP contribution >= 0.6 is 11.3 Å². The minimum Gasteiger partial charge on any atom is -0.372 e. The Bertz CT molecular complexity index is 496. The van der Waals surface area contributed by atoms with Crippen LogP contribution in [0.4, 0.5) is 0 Å². The molecule has 2 aliphatic rings. The van der Waals surface area contributed by atoms with Gasteiger partial charge in [0.1, 0.15) is 0 Å². The van der Waals surface area contributed by atoms with E-state index in [1.165, 1.54) is 6.42 Å². The van der Waals surface area contributed by atoms with Crippen molar-refractivity contribution in [1.29, 1.82) is 0 Å². The standard InChI is InChI=1S/C15H19NO2S/c1-3-7-18-13-11-4-5-12(13)16(9-11)15(17)14-10(2)6-8-19-14/h3,6,8,11-13H,1,4-5,7,9H2,2H3. The molecule has 102 valence electrons. The number of hydrogen-bond acceptors (Lipinski definition) is 3. The molecule has 1 aromatic rings. The summed E-state index contributed by atoms with van der Waals surface area (Å²) in [5.41, 5.74) is 1.08. The van der Waals surface area contributed by atoms with Crippen molar-refractivity contribution in [1.82, 2.24) is 4.90 Å². The van der Waals surface area contributed by atoms with E-state index in [4.69, 9.17) is 4.74 Å². The Morgan fingerprint density at radius 2 is 2.47 bits per heavy atom. The van der Waals surface area contributed by atoms with E-state index in [9.17, 15) is 4.79 Å². The maximum Gasteiger partial charge on any atom is 0.264 e. The third kappa shape index (κ3) is 2.13. The monoisotopic (exact) mass is 277 g/mol. The van der Waals surface area contributed by atoms with Crippen LogP contribution in [0.2, 0.25) is 0 Å². The average molecular weight is 277 g/mol.